The number of H-pyrrole nitrogens is 1. The Morgan fingerprint density at radius 2 is 2.12 bits per heavy atom. The predicted octanol–water partition coefficient (Wildman–Crippen LogP) is -0.462. The molecule has 8 nitrogen and oxygen atoms in total. The molecule has 1 fully saturated rings. The lowest BCUT2D eigenvalue weighted by molar-refractivity contribution is -0.0508. The van der Waals surface area contributed by atoms with Crippen molar-refractivity contribution in [1.82, 2.24) is 19.5 Å². The molecule has 4 heterocycles. The van der Waals surface area contributed by atoms with Gasteiger partial charge in [-0.2, -0.15) is 0 Å². The molecule has 9 heteroatoms. The molecule has 0 aliphatic carbocycles. The molecule has 3 aromatic heterocycles. The van der Waals surface area contributed by atoms with Crippen molar-refractivity contribution in [3.8, 4) is 11.3 Å². The van der Waals surface area contributed by atoms with E-state index in [0.29, 0.717) is 5.65 Å². The van der Waals surface area contributed by atoms with E-state index in [-0.39, 0.29) is 6.61 Å². The highest BCUT2D eigenvalue weighted by Crippen LogP contribution is 2.33. The Morgan fingerprint density at radius 1 is 1.29 bits per heavy atom. The van der Waals surface area contributed by atoms with Crippen molar-refractivity contribution in [2.45, 2.75) is 24.5 Å². The van der Waals surface area contributed by atoms with Gasteiger partial charge in [0, 0.05) is 24.2 Å². The molecule has 0 aromatic carbocycles. The Balaban J connectivity index is 1.86. The molecule has 0 saturated carbocycles. The molecule has 3 aromatic rings. The second-order valence-electron chi connectivity index (χ2n) is 5.74. The summed E-state index contributed by atoms with van der Waals surface area (Å²) >= 11 is 0. The van der Waals surface area contributed by atoms with Crippen LogP contribution in [-0.4, -0.2) is 59.8 Å². The normalized spacial score (nSPS) is 27.2. The van der Waals surface area contributed by atoms with Crippen LogP contribution in [-0.2, 0) is 4.74 Å². The molecule has 1 aliphatic rings. The molecule has 4 rings (SSSR count). The molecule has 4 N–H and O–H groups in total. The zero-order chi connectivity index (χ0) is 16.8. The molecular formula is C15H17N4O4P. The summed E-state index contributed by atoms with van der Waals surface area (Å²) in [6.07, 6.45) is 2.91. The number of fused-ring (bicyclic) bond motifs is 1. The number of aliphatic hydroxyl groups excluding tert-OH is 3. The topological polar surface area (TPSA) is 116 Å². The van der Waals surface area contributed by atoms with Crippen molar-refractivity contribution in [2.24, 2.45) is 0 Å². The standard InChI is InChI=1S/C15H17N4O4P/c20-5-8-12(21)13(22)15(23-8)19-4-9(24)10-11(7-1-2-16-3-7)17-6-18-14(10)19/h1-4,6,8,12-13,15-16,20-22H,5,24H2/t8-,12-,13-,15-/m1/s1. The minimum absolute atomic E-state index is 0.370. The number of hydrogen-bond acceptors (Lipinski definition) is 6. The van der Waals surface area contributed by atoms with Crippen molar-refractivity contribution in [1.29, 1.82) is 0 Å². The van der Waals surface area contributed by atoms with E-state index in [4.69, 9.17) is 4.74 Å². The minimum atomic E-state index is -1.16. The quantitative estimate of drug-likeness (QED) is 0.476. The number of nitrogens with zero attached hydrogens (tertiary/aromatic N) is 3. The van der Waals surface area contributed by atoms with Crippen LogP contribution < -0.4 is 5.30 Å². The fourth-order valence-electron chi connectivity index (χ4n) is 3.11. The molecule has 0 amide bonds. The van der Waals surface area contributed by atoms with E-state index in [1.54, 1.807) is 10.8 Å². The van der Waals surface area contributed by atoms with E-state index in [1.807, 2.05) is 18.5 Å². The number of hydrogen-bond donors (Lipinski definition) is 4. The third kappa shape index (κ3) is 2.27. The van der Waals surface area contributed by atoms with Gasteiger partial charge in [-0.05, 0) is 11.4 Å². The van der Waals surface area contributed by atoms with Gasteiger partial charge in [0.1, 0.15) is 30.3 Å². The van der Waals surface area contributed by atoms with Crippen LogP contribution in [0, 0.1) is 0 Å². The molecule has 0 radical (unpaired) electrons. The van der Waals surface area contributed by atoms with Gasteiger partial charge in [0.15, 0.2) is 6.23 Å². The van der Waals surface area contributed by atoms with Crippen LogP contribution in [0.4, 0.5) is 0 Å². The van der Waals surface area contributed by atoms with Crippen molar-refractivity contribution in [3.63, 3.8) is 0 Å². The lowest BCUT2D eigenvalue weighted by atomic mass is 10.1. The van der Waals surface area contributed by atoms with Crippen molar-refractivity contribution < 1.29 is 20.1 Å². The van der Waals surface area contributed by atoms with Crippen LogP contribution in [0.3, 0.4) is 0 Å². The number of aliphatic hydroxyl groups is 3. The van der Waals surface area contributed by atoms with E-state index in [0.717, 1.165) is 21.9 Å². The highest BCUT2D eigenvalue weighted by Gasteiger charge is 2.44. The highest BCUT2D eigenvalue weighted by molar-refractivity contribution is 7.28. The van der Waals surface area contributed by atoms with Gasteiger partial charge in [-0.3, -0.25) is 0 Å². The first-order chi connectivity index (χ1) is 11.6. The summed E-state index contributed by atoms with van der Waals surface area (Å²) < 4.78 is 7.28. The summed E-state index contributed by atoms with van der Waals surface area (Å²) in [5.41, 5.74) is 2.27. The molecular weight excluding hydrogens is 331 g/mol. The Morgan fingerprint density at radius 3 is 2.79 bits per heavy atom. The molecule has 1 saturated heterocycles. The van der Waals surface area contributed by atoms with E-state index in [9.17, 15) is 15.3 Å². The van der Waals surface area contributed by atoms with E-state index in [1.165, 1.54) is 6.33 Å². The van der Waals surface area contributed by atoms with Crippen LogP contribution in [0.2, 0.25) is 0 Å². The number of nitrogens with one attached hydrogen (secondary N) is 1. The molecule has 0 spiro atoms. The van der Waals surface area contributed by atoms with Gasteiger partial charge in [0.05, 0.1) is 17.7 Å². The van der Waals surface area contributed by atoms with Crippen molar-refractivity contribution >= 4 is 25.6 Å². The molecule has 5 atom stereocenters. The number of rotatable bonds is 3. The Bertz CT molecular complexity index is 866. The van der Waals surface area contributed by atoms with Crippen LogP contribution in [0.5, 0.6) is 0 Å². The van der Waals surface area contributed by atoms with Crippen LogP contribution in [0.15, 0.2) is 31.0 Å². The molecule has 1 unspecified atom stereocenters. The Hall–Kier alpha value is -1.83. The number of aromatic nitrogens is 4. The third-order valence-electron chi connectivity index (χ3n) is 4.30. The fourth-order valence-corrected chi connectivity index (χ4v) is 3.53. The summed E-state index contributed by atoms with van der Waals surface area (Å²) in [5.74, 6) is 0. The minimum Gasteiger partial charge on any atom is -0.394 e. The van der Waals surface area contributed by atoms with Crippen LogP contribution >= 0.6 is 9.24 Å². The first kappa shape index (κ1) is 15.7. The van der Waals surface area contributed by atoms with Gasteiger partial charge >= 0.3 is 0 Å². The maximum absolute atomic E-state index is 10.3. The molecule has 1 aliphatic heterocycles. The second kappa shape index (κ2) is 5.91. The zero-order valence-electron chi connectivity index (χ0n) is 12.6. The molecule has 126 valence electrons. The largest absolute Gasteiger partial charge is 0.394 e. The number of ether oxygens (including phenoxy) is 1. The maximum Gasteiger partial charge on any atom is 0.164 e. The summed E-state index contributed by atoms with van der Waals surface area (Å²) in [6.45, 7) is -0.370. The maximum atomic E-state index is 10.3. The van der Waals surface area contributed by atoms with Gasteiger partial charge in [0.25, 0.3) is 0 Å². The summed E-state index contributed by atoms with van der Waals surface area (Å²) in [4.78, 5) is 11.7. The average Bonchev–Trinajstić information content (AvgIpc) is 3.29. The Kier molecular flexibility index (Phi) is 3.86. The van der Waals surface area contributed by atoms with E-state index < -0.39 is 24.5 Å². The van der Waals surface area contributed by atoms with Gasteiger partial charge in [0.2, 0.25) is 0 Å². The van der Waals surface area contributed by atoms with Gasteiger partial charge < -0.3 is 29.6 Å². The lowest BCUT2D eigenvalue weighted by Gasteiger charge is -2.17. The second-order valence-corrected chi connectivity index (χ2v) is 6.36. The van der Waals surface area contributed by atoms with Crippen molar-refractivity contribution in [2.75, 3.05) is 6.61 Å². The summed E-state index contributed by atoms with van der Waals surface area (Å²) in [6, 6.07) is 1.91. The lowest BCUT2D eigenvalue weighted by Crippen LogP contribution is -2.33. The average molecular weight is 348 g/mol. The third-order valence-corrected chi connectivity index (χ3v) is 4.74. The van der Waals surface area contributed by atoms with Crippen molar-refractivity contribution in [3.05, 3.63) is 31.0 Å². The summed E-state index contributed by atoms with van der Waals surface area (Å²) in [5, 5.41) is 31.2. The Labute approximate surface area is 139 Å². The van der Waals surface area contributed by atoms with Gasteiger partial charge in [-0.15, -0.1) is 9.24 Å². The fraction of sp³-hybridized carbons (Fsp3) is 0.333. The first-order valence-corrected chi connectivity index (χ1v) is 8.06. The molecule has 24 heavy (non-hydrogen) atoms. The summed E-state index contributed by atoms with van der Waals surface area (Å²) in [7, 11) is 2.63. The zero-order valence-corrected chi connectivity index (χ0v) is 13.7. The SMILES string of the molecule is OC[C@H]1O[C@@H](n2cc(P)c3c(-c4cc[nH]c4)ncnc32)[C@H](O)[C@@H]1O. The monoisotopic (exact) mass is 348 g/mol. The van der Waals surface area contributed by atoms with Gasteiger partial charge in [-0.25, -0.2) is 9.97 Å². The first-order valence-electron chi connectivity index (χ1n) is 7.48. The smallest absolute Gasteiger partial charge is 0.164 e. The van der Waals surface area contributed by atoms with Crippen LogP contribution in [0.1, 0.15) is 6.23 Å². The van der Waals surface area contributed by atoms with E-state index in [2.05, 4.69) is 24.2 Å². The van der Waals surface area contributed by atoms with E-state index >= 15 is 0 Å². The molecule has 0 bridgehead atoms. The number of aromatic amines is 1. The van der Waals surface area contributed by atoms with Crippen LogP contribution in [0.25, 0.3) is 22.3 Å². The predicted molar refractivity (Wildman–Crippen MR) is 89.7 cm³/mol. The highest BCUT2D eigenvalue weighted by atomic mass is 31.0. The van der Waals surface area contributed by atoms with Gasteiger partial charge in [-0.1, -0.05) is 0 Å².